The summed E-state index contributed by atoms with van der Waals surface area (Å²) in [6.07, 6.45) is 2.18. The normalized spacial score (nSPS) is 19.9. The zero-order valence-electron chi connectivity index (χ0n) is 15.3. The summed E-state index contributed by atoms with van der Waals surface area (Å²) in [7, 11) is 0. The van der Waals surface area contributed by atoms with Gasteiger partial charge in [0.1, 0.15) is 10.8 Å². The van der Waals surface area contributed by atoms with Gasteiger partial charge in [0.15, 0.2) is 6.54 Å². The number of para-hydroxylation sites is 1. The highest BCUT2D eigenvalue weighted by atomic mass is 32.1. The van der Waals surface area contributed by atoms with Crippen molar-refractivity contribution in [1.29, 1.82) is 0 Å². The van der Waals surface area contributed by atoms with E-state index in [0.717, 1.165) is 37.0 Å². The molecule has 3 aromatic rings. The lowest BCUT2D eigenvalue weighted by atomic mass is 9.99. The second-order valence-electron chi connectivity index (χ2n) is 7.27. The van der Waals surface area contributed by atoms with Crippen LogP contribution < -0.4 is 10.2 Å². The third-order valence-electron chi connectivity index (χ3n) is 5.09. The number of aromatic nitrogens is 1. The SMILES string of the molecule is Cc1ccc(NC(=O)C[NH+]2CCC[C@@H](c3nc4ccccc4s3)C2)c(F)c1. The lowest BCUT2D eigenvalue weighted by Gasteiger charge is -2.28. The Morgan fingerprint density at radius 2 is 2.19 bits per heavy atom. The first kappa shape index (κ1) is 18.1. The molecule has 0 bridgehead atoms. The third kappa shape index (κ3) is 4.17. The molecule has 4 nitrogen and oxygen atoms in total. The van der Waals surface area contributed by atoms with Gasteiger partial charge in [-0.05, 0) is 49.6 Å². The van der Waals surface area contributed by atoms with Gasteiger partial charge in [-0.1, -0.05) is 18.2 Å². The van der Waals surface area contributed by atoms with Crippen molar-refractivity contribution in [2.75, 3.05) is 25.0 Å². The van der Waals surface area contributed by atoms with Gasteiger partial charge in [0.05, 0.1) is 34.9 Å². The Hall–Kier alpha value is -2.31. The van der Waals surface area contributed by atoms with Crippen LogP contribution in [-0.4, -0.2) is 30.5 Å². The minimum Gasteiger partial charge on any atom is -0.327 e. The molecule has 6 heteroatoms. The number of carbonyl (C=O) groups excluding carboxylic acids is 1. The number of hydrogen-bond acceptors (Lipinski definition) is 3. The van der Waals surface area contributed by atoms with Gasteiger partial charge in [-0.2, -0.15) is 0 Å². The van der Waals surface area contributed by atoms with Gasteiger partial charge in [0.25, 0.3) is 5.91 Å². The number of fused-ring (bicyclic) bond motifs is 1. The highest BCUT2D eigenvalue weighted by Crippen LogP contribution is 2.30. The maximum atomic E-state index is 13.9. The van der Waals surface area contributed by atoms with E-state index in [-0.39, 0.29) is 17.4 Å². The number of benzene rings is 2. The van der Waals surface area contributed by atoms with Crippen molar-refractivity contribution in [1.82, 2.24) is 4.98 Å². The zero-order chi connectivity index (χ0) is 18.8. The molecular weight excluding hydrogens is 361 g/mol. The van der Waals surface area contributed by atoms with Gasteiger partial charge in [-0.3, -0.25) is 4.79 Å². The average Bonchev–Trinajstić information content (AvgIpc) is 3.08. The molecule has 1 unspecified atom stereocenters. The maximum absolute atomic E-state index is 13.9. The van der Waals surface area contributed by atoms with Crippen LogP contribution in [0.15, 0.2) is 42.5 Å². The van der Waals surface area contributed by atoms with Crippen LogP contribution >= 0.6 is 11.3 Å². The Morgan fingerprint density at radius 1 is 1.33 bits per heavy atom. The number of nitrogens with zero attached hydrogens (tertiary/aromatic N) is 1. The molecule has 2 heterocycles. The minimum absolute atomic E-state index is 0.141. The Kier molecular flexibility index (Phi) is 5.18. The molecule has 1 aliphatic heterocycles. The van der Waals surface area contributed by atoms with E-state index in [1.165, 1.54) is 20.7 Å². The van der Waals surface area contributed by atoms with Crippen molar-refractivity contribution in [3.63, 3.8) is 0 Å². The van der Waals surface area contributed by atoms with Gasteiger partial charge in [0.2, 0.25) is 0 Å². The number of anilines is 1. The van der Waals surface area contributed by atoms with E-state index < -0.39 is 0 Å². The number of halogens is 1. The number of piperidine rings is 1. The summed E-state index contributed by atoms with van der Waals surface area (Å²) in [5, 5.41) is 3.88. The molecule has 140 valence electrons. The van der Waals surface area contributed by atoms with Crippen LogP contribution in [-0.2, 0) is 4.79 Å². The number of likely N-dealkylation sites (tertiary alicyclic amines) is 1. The van der Waals surface area contributed by atoms with E-state index in [1.54, 1.807) is 23.5 Å². The lowest BCUT2D eigenvalue weighted by molar-refractivity contribution is -0.898. The van der Waals surface area contributed by atoms with Gasteiger partial charge in [-0.25, -0.2) is 9.37 Å². The van der Waals surface area contributed by atoms with Crippen molar-refractivity contribution < 1.29 is 14.1 Å². The van der Waals surface area contributed by atoms with Gasteiger partial charge >= 0.3 is 0 Å². The quantitative estimate of drug-likeness (QED) is 0.726. The molecule has 1 aliphatic rings. The molecule has 0 saturated carbocycles. The largest absolute Gasteiger partial charge is 0.327 e. The fourth-order valence-corrected chi connectivity index (χ4v) is 4.83. The Balaban J connectivity index is 1.40. The van der Waals surface area contributed by atoms with Crippen LogP contribution in [0.3, 0.4) is 0 Å². The van der Waals surface area contributed by atoms with Gasteiger partial charge in [-0.15, -0.1) is 11.3 Å². The molecule has 1 saturated heterocycles. The summed E-state index contributed by atoms with van der Waals surface area (Å²) in [6.45, 7) is 4.04. The second kappa shape index (κ2) is 7.74. The third-order valence-corrected chi connectivity index (χ3v) is 6.29. The van der Waals surface area contributed by atoms with Crippen LogP contribution in [0.25, 0.3) is 10.2 Å². The first-order valence-corrected chi connectivity index (χ1v) is 10.1. The number of hydrogen-bond donors (Lipinski definition) is 2. The van der Waals surface area contributed by atoms with Crippen molar-refractivity contribution in [3.8, 4) is 0 Å². The average molecular weight is 385 g/mol. The van der Waals surface area contributed by atoms with Crippen molar-refractivity contribution in [2.45, 2.75) is 25.7 Å². The first-order valence-electron chi connectivity index (χ1n) is 9.33. The smallest absolute Gasteiger partial charge is 0.279 e. The Labute approximate surface area is 162 Å². The number of rotatable bonds is 4. The van der Waals surface area contributed by atoms with Crippen LogP contribution in [0.5, 0.6) is 0 Å². The van der Waals surface area contributed by atoms with Crippen LogP contribution in [0, 0.1) is 12.7 Å². The van der Waals surface area contributed by atoms with E-state index >= 15 is 0 Å². The molecule has 27 heavy (non-hydrogen) atoms. The van der Waals surface area contributed by atoms with E-state index in [4.69, 9.17) is 4.98 Å². The minimum atomic E-state index is -0.385. The van der Waals surface area contributed by atoms with E-state index in [1.807, 2.05) is 25.1 Å². The molecule has 2 atom stereocenters. The lowest BCUT2D eigenvalue weighted by Crippen LogP contribution is -3.14. The molecular formula is C21H23FN3OS+. The summed E-state index contributed by atoms with van der Waals surface area (Å²) in [6, 6.07) is 13.1. The van der Waals surface area contributed by atoms with E-state index in [9.17, 15) is 9.18 Å². The Morgan fingerprint density at radius 3 is 3.00 bits per heavy atom. The molecule has 2 aromatic carbocycles. The topological polar surface area (TPSA) is 46.4 Å². The van der Waals surface area contributed by atoms with Crippen molar-refractivity contribution in [3.05, 3.63) is 58.9 Å². The molecule has 1 aromatic heterocycles. The van der Waals surface area contributed by atoms with E-state index in [0.29, 0.717) is 12.5 Å². The fourth-order valence-electron chi connectivity index (χ4n) is 3.73. The first-order chi connectivity index (χ1) is 13.1. The van der Waals surface area contributed by atoms with Crippen LogP contribution in [0.1, 0.15) is 29.3 Å². The molecule has 0 spiro atoms. The molecule has 2 N–H and O–H groups in total. The number of carbonyl (C=O) groups is 1. The summed E-state index contributed by atoms with van der Waals surface area (Å²) in [5.41, 5.74) is 2.15. The summed E-state index contributed by atoms with van der Waals surface area (Å²) < 4.78 is 15.2. The van der Waals surface area contributed by atoms with E-state index in [2.05, 4.69) is 11.4 Å². The highest BCUT2D eigenvalue weighted by Gasteiger charge is 2.28. The predicted molar refractivity (Wildman–Crippen MR) is 107 cm³/mol. The summed E-state index contributed by atoms with van der Waals surface area (Å²) in [4.78, 5) is 18.4. The number of quaternary nitrogens is 1. The second-order valence-corrected chi connectivity index (χ2v) is 8.33. The summed E-state index contributed by atoms with van der Waals surface area (Å²) in [5.74, 6) is -0.142. The molecule has 4 rings (SSSR count). The number of aryl methyl sites for hydroxylation is 1. The van der Waals surface area contributed by atoms with Gasteiger partial charge < -0.3 is 10.2 Å². The molecule has 1 amide bonds. The van der Waals surface area contributed by atoms with Crippen molar-refractivity contribution >= 4 is 33.1 Å². The predicted octanol–water partition coefficient (Wildman–Crippen LogP) is 3.14. The zero-order valence-corrected chi connectivity index (χ0v) is 16.1. The molecule has 0 aliphatic carbocycles. The fraction of sp³-hybridized carbons (Fsp3) is 0.333. The Bertz CT molecular complexity index is 938. The maximum Gasteiger partial charge on any atom is 0.279 e. The molecule has 0 radical (unpaired) electrons. The monoisotopic (exact) mass is 384 g/mol. The number of thiazole rings is 1. The standard InChI is InChI=1S/C21H22FN3OS/c1-14-8-9-17(16(22)11-14)23-20(26)13-25-10-4-5-15(12-25)21-24-18-6-2-3-7-19(18)27-21/h2-3,6-9,11,15H,4-5,10,12-13H2,1H3,(H,23,26)/p+1/t15-/m1/s1. The summed E-state index contributed by atoms with van der Waals surface area (Å²) >= 11 is 1.76. The van der Waals surface area contributed by atoms with Crippen molar-refractivity contribution in [2.24, 2.45) is 0 Å². The number of nitrogens with one attached hydrogen (secondary N) is 2. The van der Waals surface area contributed by atoms with Crippen LogP contribution in [0.2, 0.25) is 0 Å². The van der Waals surface area contributed by atoms with Gasteiger partial charge in [0, 0.05) is 0 Å². The van der Waals surface area contributed by atoms with Crippen LogP contribution in [0.4, 0.5) is 10.1 Å². The highest BCUT2D eigenvalue weighted by molar-refractivity contribution is 7.18. The molecule has 1 fully saturated rings. The number of amides is 1.